The number of amides is 1. The molecule has 0 saturated carbocycles. The Labute approximate surface area is 122 Å². The van der Waals surface area contributed by atoms with Gasteiger partial charge in [-0.2, -0.15) is 0 Å². The number of hydrogen-bond acceptors (Lipinski definition) is 2. The van der Waals surface area contributed by atoms with E-state index in [1.807, 2.05) is 18.2 Å². The van der Waals surface area contributed by atoms with E-state index in [2.05, 4.69) is 29.7 Å². The van der Waals surface area contributed by atoms with Crippen molar-refractivity contribution in [1.29, 1.82) is 0 Å². The average molecular weight is 274 g/mol. The van der Waals surface area contributed by atoms with Crippen LogP contribution in [-0.4, -0.2) is 18.5 Å². The van der Waals surface area contributed by atoms with E-state index in [9.17, 15) is 4.79 Å². The predicted octanol–water partition coefficient (Wildman–Crippen LogP) is 3.18. The molecule has 1 aromatic rings. The van der Waals surface area contributed by atoms with Crippen LogP contribution in [0.2, 0.25) is 0 Å². The molecule has 3 heteroatoms. The van der Waals surface area contributed by atoms with Crippen molar-refractivity contribution < 1.29 is 4.79 Å². The highest BCUT2D eigenvalue weighted by Crippen LogP contribution is 2.19. The Hall–Kier alpha value is -1.35. The largest absolute Gasteiger partial charge is 0.348 e. The first-order chi connectivity index (χ1) is 9.81. The lowest BCUT2D eigenvalue weighted by Gasteiger charge is -2.22. The molecule has 0 aliphatic carbocycles. The molecule has 1 aromatic carbocycles. The molecule has 0 aromatic heterocycles. The molecular formula is C17H26N2O. The number of carbonyl (C=O) groups is 1. The van der Waals surface area contributed by atoms with Crippen molar-refractivity contribution >= 4 is 5.91 Å². The number of benzene rings is 1. The van der Waals surface area contributed by atoms with E-state index in [0.717, 1.165) is 32.2 Å². The summed E-state index contributed by atoms with van der Waals surface area (Å²) in [6.07, 6.45) is 6.57. The van der Waals surface area contributed by atoms with Crippen LogP contribution < -0.4 is 10.6 Å². The fraction of sp³-hybridized carbons (Fsp3) is 0.588. The molecule has 2 N–H and O–H groups in total. The Morgan fingerprint density at radius 3 is 2.85 bits per heavy atom. The van der Waals surface area contributed by atoms with Crippen LogP contribution in [0.4, 0.5) is 0 Å². The molecule has 20 heavy (non-hydrogen) atoms. The van der Waals surface area contributed by atoms with Crippen molar-refractivity contribution in [1.82, 2.24) is 10.6 Å². The van der Waals surface area contributed by atoms with Gasteiger partial charge in [0.2, 0.25) is 5.91 Å². The fourth-order valence-corrected chi connectivity index (χ4v) is 2.82. The van der Waals surface area contributed by atoms with E-state index in [-0.39, 0.29) is 18.0 Å². The van der Waals surface area contributed by atoms with Crippen molar-refractivity contribution in [3.8, 4) is 0 Å². The van der Waals surface area contributed by atoms with Crippen LogP contribution in [0.25, 0.3) is 0 Å². The summed E-state index contributed by atoms with van der Waals surface area (Å²) in [5.74, 6) is 0.161. The quantitative estimate of drug-likeness (QED) is 0.866. The summed E-state index contributed by atoms with van der Waals surface area (Å²) in [7, 11) is 0. The van der Waals surface area contributed by atoms with E-state index in [1.165, 1.54) is 18.4 Å². The summed E-state index contributed by atoms with van der Waals surface area (Å²) in [6, 6.07) is 10.4. The predicted molar refractivity (Wildman–Crippen MR) is 82.5 cm³/mol. The van der Waals surface area contributed by atoms with Gasteiger partial charge in [0.25, 0.3) is 0 Å². The highest BCUT2D eigenvalue weighted by Gasteiger charge is 2.22. The van der Waals surface area contributed by atoms with Crippen molar-refractivity contribution in [2.75, 3.05) is 6.54 Å². The second-order valence-corrected chi connectivity index (χ2v) is 5.62. The van der Waals surface area contributed by atoms with E-state index in [4.69, 9.17) is 0 Å². The molecule has 3 nitrogen and oxygen atoms in total. The fourth-order valence-electron chi connectivity index (χ4n) is 2.82. The summed E-state index contributed by atoms with van der Waals surface area (Å²) in [5.41, 5.74) is 1.20. The van der Waals surface area contributed by atoms with Gasteiger partial charge in [0, 0.05) is 0 Å². The lowest BCUT2D eigenvalue weighted by Crippen LogP contribution is -2.45. The minimum Gasteiger partial charge on any atom is -0.348 e. The molecule has 1 amide bonds. The maximum Gasteiger partial charge on any atom is 0.237 e. The Bertz CT molecular complexity index is 397. The van der Waals surface area contributed by atoms with Gasteiger partial charge in [0.15, 0.2) is 0 Å². The minimum atomic E-state index is -0.0134. The van der Waals surface area contributed by atoms with Crippen LogP contribution in [-0.2, 0) is 4.79 Å². The normalized spacial score (nSPS) is 20.9. The van der Waals surface area contributed by atoms with Crippen molar-refractivity contribution in [2.24, 2.45) is 0 Å². The SMILES string of the molecule is CCCC(NC(=O)C1CCCCCN1)c1ccccc1. The van der Waals surface area contributed by atoms with Gasteiger partial charge in [-0.15, -0.1) is 0 Å². The van der Waals surface area contributed by atoms with Gasteiger partial charge >= 0.3 is 0 Å². The lowest BCUT2D eigenvalue weighted by atomic mass is 10.0. The van der Waals surface area contributed by atoms with Gasteiger partial charge in [-0.3, -0.25) is 4.79 Å². The maximum atomic E-state index is 12.4. The van der Waals surface area contributed by atoms with E-state index in [0.29, 0.717) is 0 Å². The zero-order valence-corrected chi connectivity index (χ0v) is 12.4. The first-order valence-electron chi connectivity index (χ1n) is 7.90. The molecular weight excluding hydrogens is 248 g/mol. The summed E-state index contributed by atoms with van der Waals surface area (Å²) in [6.45, 7) is 3.12. The number of carbonyl (C=O) groups excluding carboxylic acids is 1. The van der Waals surface area contributed by atoms with Crippen LogP contribution in [0.5, 0.6) is 0 Å². The topological polar surface area (TPSA) is 41.1 Å². The molecule has 2 unspecified atom stereocenters. The van der Waals surface area contributed by atoms with Gasteiger partial charge in [-0.1, -0.05) is 56.5 Å². The molecule has 0 radical (unpaired) electrons. The van der Waals surface area contributed by atoms with Gasteiger partial charge in [0.05, 0.1) is 12.1 Å². The molecule has 0 spiro atoms. The van der Waals surface area contributed by atoms with Gasteiger partial charge < -0.3 is 10.6 Å². The molecule has 1 aliphatic rings. The van der Waals surface area contributed by atoms with Crippen molar-refractivity contribution in [3.05, 3.63) is 35.9 Å². The van der Waals surface area contributed by atoms with Crippen LogP contribution in [0.1, 0.15) is 57.1 Å². The second kappa shape index (κ2) is 8.05. The highest BCUT2D eigenvalue weighted by molar-refractivity contribution is 5.82. The molecule has 1 saturated heterocycles. The van der Waals surface area contributed by atoms with E-state index in [1.54, 1.807) is 0 Å². The molecule has 1 fully saturated rings. The third kappa shape index (κ3) is 4.34. The Kier molecular flexibility index (Phi) is 6.06. The molecule has 110 valence electrons. The van der Waals surface area contributed by atoms with Gasteiger partial charge in [0.1, 0.15) is 0 Å². The Morgan fingerprint density at radius 2 is 2.10 bits per heavy atom. The molecule has 1 aliphatic heterocycles. The first-order valence-corrected chi connectivity index (χ1v) is 7.90. The number of nitrogens with one attached hydrogen (secondary N) is 2. The van der Waals surface area contributed by atoms with Crippen LogP contribution >= 0.6 is 0 Å². The standard InChI is InChI=1S/C17H26N2O/c1-2-9-15(14-10-5-3-6-11-14)19-17(20)16-12-7-4-8-13-18-16/h3,5-6,10-11,15-16,18H,2,4,7-9,12-13H2,1H3,(H,19,20). The van der Waals surface area contributed by atoms with Gasteiger partial charge in [-0.05, 0) is 31.4 Å². The summed E-state index contributed by atoms with van der Waals surface area (Å²) in [5, 5.41) is 6.60. The first kappa shape index (κ1) is 15.0. The summed E-state index contributed by atoms with van der Waals surface area (Å²) >= 11 is 0. The summed E-state index contributed by atoms with van der Waals surface area (Å²) in [4.78, 5) is 12.4. The lowest BCUT2D eigenvalue weighted by molar-refractivity contribution is -0.124. The minimum absolute atomic E-state index is 0.0134. The average Bonchev–Trinajstić information content (AvgIpc) is 2.77. The Morgan fingerprint density at radius 1 is 1.30 bits per heavy atom. The maximum absolute atomic E-state index is 12.4. The monoisotopic (exact) mass is 274 g/mol. The van der Waals surface area contributed by atoms with E-state index >= 15 is 0 Å². The Balaban J connectivity index is 1.98. The van der Waals surface area contributed by atoms with Gasteiger partial charge in [-0.25, -0.2) is 0 Å². The zero-order valence-electron chi connectivity index (χ0n) is 12.4. The van der Waals surface area contributed by atoms with Crippen molar-refractivity contribution in [3.63, 3.8) is 0 Å². The number of hydrogen-bond donors (Lipinski definition) is 2. The zero-order chi connectivity index (χ0) is 14.2. The summed E-state index contributed by atoms with van der Waals surface area (Å²) < 4.78 is 0. The van der Waals surface area contributed by atoms with Crippen molar-refractivity contribution in [2.45, 2.75) is 57.5 Å². The number of rotatable bonds is 5. The van der Waals surface area contributed by atoms with Crippen LogP contribution in [0.15, 0.2) is 30.3 Å². The van der Waals surface area contributed by atoms with Crippen LogP contribution in [0, 0.1) is 0 Å². The molecule has 0 bridgehead atoms. The third-order valence-corrected chi connectivity index (χ3v) is 3.97. The molecule has 1 heterocycles. The van der Waals surface area contributed by atoms with Crippen LogP contribution in [0.3, 0.4) is 0 Å². The third-order valence-electron chi connectivity index (χ3n) is 3.97. The second-order valence-electron chi connectivity index (χ2n) is 5.62. The molecule has 2 atom stereocenters. The smallest absolute Gasteiger partial charge is 0.237 e. The van der Waals surface area contributed by atoms with E-state index < -0.39 is 0 Å². The molecule has 2 rings (SSSR count). The highest BCUT2D eigenvalue weighted by atomic mass is 16.2.